The van der Waals surface area contributed by atoms with Gasteiger partial charge in [0.25, 0.3) is 0 Å². The first kappa shape index (κ1) is 17.9. The molecule has 2 fully saturated rings. The molecule has 6 nitrogen and oxygen atoms in total. The van der Waals surface area contributed by atoms with Gasteiger partial charge in [-0.2, -0.15) is 4.37 Å². The van der Waals surface area contributed by atoms with Crippen LogP contribution in [0.25, 0.3) is 10.1 Å². The maximum absolute atomic E-state index is 8.78. The average Bonchev–Trinajstić information content (AvgIpc) is 2.98. The van der Waals surface area contributed by atoms with Crippen LogP contribution in [0.1, 0.15) is 25.7 Å². The van der Waals surface area contributed by atoms with Crippen molar-refractivity contribution in [3.05, 3.63) is 24.3 Å². The van der Waals surface area contributed by atoms with Crippen LogP contribution in [-0.2, 0) is 0 Å². The molecule has 0 bridgehead atoms. The number of primary amides is 1. The number of benzene rings is 1. The summed E-state index contributed by atoms with van der Waals surface area (Å²) in [7, 11) is 0. The van der Waals surface area contributed by atoms with Crippen LogP contribution >= 0.6 is 11.5 Å². The molecule has 2 heterocycles. The summed E-state index contributed by atoms with van der Waals surface area (Å²) in [6, 6.07) is 8.60. The molecule has 2 aliphatic rings. The number of hydrogen-bond donors (Lipinski definition) is 2. The molecule has 25 heavy (non-hydrogen) atoms. The molecule has 2 aromatic rings. The van der Waals surface area contributed by atoms with E-state index in [1.54, 1.807) is 11.5 Å². The number of rotatable bonds is 4. The van der Waals surface area contributed by atoms with Gasteiger partial charge in [-0.3, -0.25) is 4.90 Å². The average molecular weight is 362 g/mol. The summed E-state index contributed by atoms with van der Waals surface area (Å²) in [6.07, 6.45) is 4.50. The smallest absolute Gasteiger partial charge is 0.402 e. The van der Waals surface area contributed by atoms with Crippen molar-refractivity contribution in [3.63, 3.8) is 0 Å². The van der Waals surface area contributed by atoms with E-state index >= 15 is 0 Å². The number of piperazine rings is 1. The topological polar surface area (TPSA) is 82.7 Å². The van der Waals surface area contributed by atoms with Crippen molar-refractivity contribution in [2.45, 2.75) is 25.7 Å². The van der Waals surface area contributed by atoms with Crippen molar-refractivity contribution in [2.75, 3.05) is 37.6 Å². The Bertz CT molecular complexity index is 689. The fraction of sp³-hybridized carbons (Fsp3) is 0.556. The zero-order chi connectivity index (χ0) is 17.6. The summed E-state index contributed by atoms with van der Waals surface area (Å²) in [5, 5.41) is 8.52. The van der Waals surface area contributed by atoms with Gasteiger partial charge in [-0.15, -0.1) is 0 Å². The van der Waals surface area contributed by atoms with Crippen LogP contribution in [0.3, 0.4) is 0 Å². The molecule has 1 aliphatic heterocycles. The van der Waals surface area contributed by atoms with Crippen molar-refractivity contribution < 1.29 is 9.90 Å². The van der Waals surface area contributed by atoms with E-state index in [4.69, 9.17) is 9.90 Å². The van der Waals surface area contributed by atoms with Crippen molar-refractivity contribution in [1.82, 2.24) is 9.27 Å². The Kier molecular flexibility index (Phi) is 6.09. The minimum Gasteiger partial charge on any atom is -0.465 e. The van der Waals surface area contributed by atoms with Gasteiger partial charge in [-0.1, -0.05) is 31.4 Å². The van der Waals surface area contributed by atoms with Gasteiger partial charge in [0.2, 0.25) is 0 Å². The van der Waals surface area contributed by atoms with Crippen LogP contribution in [0.15, 0.2) is 24.3 Å². The van der Waals surface area contributed by atoms with Gasteiger partial charge in [-0.05, 0) is 42.5 Å². The zero-order valence-electron chi connectivity index (χ0n) is 14.4. The number of carboxylic acid groups (broad SMARTS) is 1. The fourth-order valence-electron chi connectivity index (χ4n) is 3.43. The van der Waals surface area contributed by atoms with E-state index in [-0.39, 0.29) is 0 Å². The predicted molar refractivity (Wildman–Crippen MR) is 102 cm³/mol. The Morgan fingerprint density at radius 1 is 1.24 bits per heavy atom. The number of amides is 1. The number of nitrogens with zero attached hydrogens (tertiary/aromatic N) is 3. The molecule has 0 spiro atoms. The van der Waals surface area contributed by atoms with E-state index in [9.17, 15) is 0 Å². The molecule has 1 aromatic heterocycles. The predicted octanol–water partition coefficient (Wildman–Crippen LogP) is 3.23. The lowest BCUT2D eigenvalue weighted by Gasteiger charge is -2.36. The minimum atomic E-state index is -1.33. The highest BCUT2D eigenvalue weighted by atomic mass is 32.1. The number of hydrogen-bond acceptors (Lipinski definition) is 5. The second-order valence-corrected chi connectivity index (χ2v) is 7.56. The van der Waals surface area contributed by atoms with E-state index in [1.807, 2.05) is 0 Å². The molecule has 136 valence electrons. The van der Waals surface area contributed by atoms with Crippen LogP contribution in [-0.4, -0.2) is 53.2 Å². The Morgan fingerprint density at radius 3 is 2.56 bits per heavy atom. The highest BCUT2D eigenvalue weighted by Crippen LogP contribution is 2.31. The Hall–Kier alpha value is -1.86. The quantitative estimate of drug-likeness (QED) is 0.872. The highest BCUT2D eigenvalue weighted by molar-refractivity contribution is 7.13. The lowest BCUT2D eigenvalue weighted by atomic mass is 9.83. The van der Waals surface area contributed by atoms with E-state index in [2.05, 4.69) is 44.2 Å². The van der Waals surface area contributed by atoms with Crippen molar-refractivity contribution in [1.29, 1.82) is 0 Å². The second kappa shape index (κ2) is 8.49. The molecular weight excluding hydrogens is 336 g/mol. The lowest BCUT2D eigenvalue weighted by molar-refractivity contribution is 0.205. The summed E-state index contributed by atoms with van der Waals surface area (Å²) < 4.78 is 6.00. The van der Waals surface area contributed by atoms with Gasteiger partial charge in [0.05, 0.1) is 4.70 Å². The lowest BCUT2D eigenvalue weighted by Crippen LogP contribution is -2.47. The molecule has 1 amide bonds. The summed E-state index contributed by atoms with van der Waals surface area (Å²) in [4.78, 5) is 13.9. The number of anilines is 1. The van der Waals surface area contributed by atoms with E-state index in [0.717, 1.165) is 19.0 Å². The van der Waals surface area contributed by atoms with Crippen molar-refractivity contribution >= 4 is 33.5 Å². The third-order valence-electron chi connectivity index (χ3n) is 5.11. The standard InChI is InChI=1S/C17H23N3S.CH3NO2/c1-2-7-16-15(6-1)17(18-21-16)20-12-10-19(11-13-20)9-8-14-4-3-5-14;2-1(3)4/h1-2,6-7,14H,3-5,8-13H2;2H2,(H,3,4). The number of carbonyl (C=O) groups is 1. The summed E-state index contributed by atoms with van der Waals surface area (Å²) >= 11 is 1.63. The molecule has 1 aliphatic carbocycles. The molecule has 0 unspecified atom stereocenters. The largest absolute Gasteiger partial charge is 0.465 e. The molecule has 1 saturated carbocycles. The van der Waals surface area contributed by atoms with Crippen LogP contribution in [0, 0.1) is 5.92 Å². The van der Waals surface area contributed by atoms with Crippen molar-refractivity contribution in [3.8, 4) is 0 Å². The van der Waals surface area contributed by atoms with Crippen LogP contribution in [0.5, 0.6) is 0 Å². The summed E-state index contributed by atoms with van der Waals surface area (Å²) in [5.41, 5.74) is 4.03. The number of fused-ring (bicyclic) bond motifs is 1. The SMILES string of the molecule is NC(=O)O.c1ccc2c(N3CCN(CCC4CCC4)CC3)nsc2c1. The minimum absolute atomic E-state index is 1.03. The normalized spacial score (nSPS) is 18.5. The van der Waals surface area contributed by atoms with Crippen LogP contribution < -0.4 is 10.6 Å². The molecule has 7 heteroatoms. The Morgan fingerprint density at radius 2 is 1.92 bits per heavy atom. The molecule has 0 atom stereocenters. The van der Waals surface area contributed by atoms with Crippen LogP contribution in [0.4, 0.5) is 10.6 Å². The maximum atomic E-state index is 8.78. The third-order valence-corrected chi connectivity index (χ3v) is 5.93. The zero-order valence-corrected chi connectivity index (χ0v) is 15.2. The highest BCUT2D eigenvalue weighted by Gasteiger charge is 2.22. The van der Waals surface area contributed by atoms with Crippen LogP contribution in [0.2, 0.25) is 0 Å². The monoisotopic (exact) mass is 362 g/mol. The molecule has 1 saturated heterocycles. The second-order valence-electron chi connectivity index (χ2n) is 6.75. The summed E-state index contributed by atoms with van der Waals surface area (Å²) in [5.74, 6) is 2.24. The Labute approximate surface area is 152 Å². The third kappa shape index (κ3) is 4.83. The fourth-order valence-corrected chi connectivity index (χ4v) is 4.23. The van der Waals surface area contributed by atoms with E-state index in [1.165, 1.54) is 61.2 Å². The first-order chi connectivity index (χ1) is 12.1. The molecular formula is C18H26N4O2S. The number of nitrogens with two attached hydrogens (primary N) is 1. The number of aromatic nitrogens is 1. The van der Waals surface area contributed by atoms with Gasteiger partial charge in [0.15, 0.2) is 0 Å². The first-order valence-corrected chi connectivity index (χ1v) is 9.71. The molecule has 3 N–H and O–H groups in total. The van der Waals surface area contributed by atoms with E-state index in [0.29, 0.717) is 0 Å². The van der Waals surface area contributed by atoms with Gasteiger partial charge in [0, 0.05) is 31.6 Å². The summed E-state index contributed by atoms with van der Waals surface area (Å²) in [6.45, 7) is 5.93. The van der Waals surface area contributed by atoms with Gasteiger partial charge in [-0.25, -0.2) is 4.79 Å². The first-order valence-electron chi connectivity index (χ1n) is 8.93. The molecule has 0 radical (unpaired) electrons. The maximum Gasteiger partial charge on any atom is 0.402 e. The van der Waals surface area contributed by atoms with Gasteiger partial charge < -0.3 is 15.7 Å². The van der Waals surface area contributed by atoms with Gasteiger partial charge in [0.1, 0.15) is 5.82 Å². The molecule has 1 aromatic carbocycles. The van der Waals surface area contributed by atoms with Crippen molar-refractivity contribution in [2.24, 2.45) is 11.7 Å². The van der Waals surface area contributed by atoms with Gasteiger partial charge >= 0.3 is 6.09 Å². The molecule has 4 rings (SSSR count). The Balaban J connectivity index is 0.000000415. The van der Waals surface area contributed by atoms with E-state index < -0.39 is 6.09 Å².